The van der Waals surface area contributed by atoms with Gasteiger partial charge in [-0.1, -0.05) is 29.8 Å². The molecule has 11 heteroatoms. The number of benzene rings is 2. The van der Waals surface area contributed by atoms with Crippen LogP contribution in [0.1, 0.15) is 41.1 Å². The first-order chi connectivity index (χ1) is 20.3. The van der Waals surface area contributed by atoms with Crippen molar-refractivity contribution < 1.29 is 14.3 Å². The number of likely N-dealkylation sites (tertiary alicyclic amines) is 1. The molecule has 6 rings (SSSR count). The van der Waals surface area contributed by atoms with E-state index in [1.165, 1.54) is 11.3 Å². The lowest BCUT2D eigenvalue weighted by atomic mass is 9.98. The molecule has 0 radical (unpaired) electrons. The van der Waals surface area contributed by atoms with Crippen LogP contribution < -0.4 is 15.2 Å². The number of aromatic nitrogens is 4. The lowest BCUT2D eigenvalue weighted by Crippen LogP contribution is -2.32. The van der Waals surface area contributed by atoms with Gasteiger partial charge in [0.1, 0.15) is 33.8 Å². The van der Waals surface area contributed by atoms with Crippen LogP contribution in [0.4, 0.5) is 0 Å². The van der Waals surface area contributed by atoms with Crippen LogP contribution in [0, 0.1) is 5.92 Å². The average molecular weight is 605 g/mol. The standard InChI is InChI=1S/C31H33ClN6O3S/c1-19(23-5-4-6-26(29(23)32)40-17-20-9-11-36(2)12-10-20)41-27-14-28(42-30(27)31(33)39)38-18-34-24-13-21(7-8-25(24)38)22-15-35-37(3)16-22/h4-8,13-16,18-20H,9-12,17H2,1-3H3,(H2,33,39)/t19-/m1/s1. The van der Waals surface area contributed by atoms with Gasteiger partial charge in [0.15, 0.2) is 0 Å². The summed E-state index contributed by atoms with van der Waals surface area (Å²) in [6, 6.07) is 13.6. The monoisotopic (exact) mass is 604 g/mol. The van der Waals surface area contributed by atoms with E-state index >= 15 is 0 Å². The van der Waals surface area contributed by atoms with Gasteiger partial charge in [-0.3, -0.25) is 14.0 Å². The zero-order chi connectivity index (χ0) is 29.4. The highest BCUT2D eigenvalue weighted by molar-refractivity contribution is 7.16. The molecule has 5 aromatic rings. The van der Waals surface area contributed by atoms with Gasteiger partial charge in [-0.05, 0) is 69.6 Å². The first-order valence-corrected chi connectivity index (χ1v) is 15.1. The number of ether oxygens (including phenoxy) is 2. The summed E-state index contributed by atoms with van der Waals surface area (Å²) < 4.78 is 16.2. The number of rotatable bonds is 9. The summed E-state index contributed by atoms with van der Waals surface area (Å²) >= 11 is 8.06. The van der Waals surface area contributed by atoms with Gasteiger partial charge in [0.2, 0.25) is 0 Å². The molecule has 4 heterocycles. The Morgan fingerprint density at radius 1 is 1.14 bits per heavy atom. The molecule has 0 saturated carbocycles. The Balaban J connectivity index is 1.22. The van der Waals surface area contributed by atoms with Crippen molar-refractivity contribution in [2.45, 2.75) is 25.9 Å². The van der Waals surface area contributed by atoms with Crippen molar-refractivity contribution in [3.8, 4) is 27.6 Å². The molecular formula is C31H33ClN6O3S. The van der Waals surface area contributed by atoms with E-state index in [-0.39, 0.29) is 0 Å². The first kappa shape index (κ1) is 28.3. The van der Waals surface area contributed by atoms with E-state index in [4.69, 9.17) is 26.8 Å². The van der Waals surface area contributed by atoms with Crippen molar-refractivity contribution in [1.29, 1.82) is 0 Å². The first-order valence-electron chi connectivity index (χ1n) is 13.9. The van der Waals surface area contributed by atoms with E-state index in [0.717, 1.165) is 58.7 Å². The number of nitrogens with zero attached hydrogens (tertiary/aromatic N) is 5. The maximum absolute atomic E-state index is 12.4. The van der Waals surface area contributed by atoms with Crippen LogP contribution in [-0.2, 0) is 7.05 Å². The van der Waals surface area contributed by atoms with Crippen molar-refractivity contribution in [1.82, 2.24) is 24.2 Å². The second-order valence-electron chi connectivity index (χ2n) is 10.8. The highest BCUT2D eigenvalue weighted by Gasteiger charge is 2.23. The molecule has 2 aromatic carbocycles. The molecule has 1 aliphatic heterocycles. The fourth-order valence-corrected chi connectivity index (χ4v) is 6.58. The van der Waals surface area contributed by atoms with Gasteiger partial charge in [0, 0.05) is 30.4 Å². The van der Waals surface area contributed by atoms with E-state index in [9.17, 15) is 4.79 Å². The minimum absolute atomic E-state index is 0.330. The predicted molar refractivity (Wildman–Crippen MR) is 166 cm³/mol. The topological polar surface area (TPSA) is 100 Å². The summed E-state index contributed by atoms with van der Waals surface area (Å²) in [6.45, 7) is 4.70. The molecule has 1 aliphatic rings. The van der Waals surface area contributed by atoms with Crippen molar-refractivity contribution in [2.24, 2.45) is 18.7 Å². The summed E-state index contributed by atoms with van der Waals surface area (Å²) in [6.07, 6.45) is 7.30. The molecule has 0 bridgehead atoms. The second kappa shape index (κ2) is 11.8. The number of aryl methyl sites for hydroxylation is 1. The molecular weight excluding hydrogens is 572 g/mol. The molecule has 1 amide bonds. The normalized spacial score (nSPS) is 15.2. The highest BCUT2D eigenvalue weighted by Crippen LogP contribution is 2.39. The average Bonchev–Trinajstić information content (AvgIpc) is 3.71. The molecule has 2 N–H and O–H groups in total. The molecule has 1 saturated heterocycles. The number of carbonyl (C=O) groups excluding carboxylic acids is 1. The van der Waals surface area contributed by atoms with Crippen LogP contribution >= 0.6 is 22.9 Å². The molecule has 3 aromatic heterocycles. The van der Waals surface area contributed by atoms with Crippen LogP contribution in [-0.4, -0.2) is 56.9 Å². The summed E-state index contributed by atoms with van der Waals surface area (Å²) in [5.74, 6) is 0.994. The SMILES string of the molecule is C[C@@H](Oc1cc(-n2cnc3cc(-c4cnn(C)c4)ccc32)sc1C(N)=O)c1cccc(OCC2CCN(C)CC2)c1Cl. The number of primary amides is 1. The van der Waals surface area contributed by atoms with Gasteiger partial charge in [-0.2, -0.15) is 5.10 Å². The molecule has 0 aliphatic carbocycles. The summed E-state index contributed by atoms with van der Waals surface area (Å²) in [5, 5.41) is 5.54. The van der Waals surface area contributed by atoms with Crippen LogP contribution in [0.25, 0.3) is 27.2 Å². The molecule has 0 spiro atoms. The second-order valence-corrected chi connectivity index (χ2v) is 12.2. The van der Waals surface area contributed by atoms with Crippen LogP contribution in [0.15, 0.2) is 61.2 Å². The van der Waals surface area contributed by atoms with Gasteiger partial charge in [0.25, 0.3) is 5.91 Å². The molecule has 9 nitrogen and oxygen atoms in total. The van der Waals surface area contributed by atoms with Gasteiger partial charge in [-0.15, -0.1) is 11.3 Å². The van der Waals surface area contributed by atoms with E-state index in [2.05, 4.69) is 22.0 Å². The van der Waals surface area contributed by atoms with Crippen molar-refractivity contribution >= 4 is 39.9 Å². The molecule has 42 heavy (non-hydrogen) atoms. The van der Waals surface area contributed by atoms with Gasteiger partial charge in [0.05, 0.1) is 28.9 Å². The third kappa shape index (κ3) is 5.74. The van der Waals surface area contributed by atoms with E-state index in [1.54, 1.807) is 11.0 Å². The molecule has 1 atom stereocenters. The van der Waals surface area contributed by atoms with Crippen LogP contribution in [0.5, 0.6) is 11.5 Å². The lowest BCUT2D eigenvalue weighted by molar-refractivity contribution is 0.0998. The quantitative estimate of drug-likeness (QED) is 0.218. The molecule has 218 valence electrons. The highest BCUT2D eigenvalue weighted by atomic mass is 35.5. The van der Waals surface area contributed by atoms with Crippen molar-refractivity contribution in [3.63, 3.8) is 0 Å². The van der Waals surface area contributed by atoms with Gasteiger partial charge >= 0.3 is 0 Å². The number of amides is 1. The largest absolute Gasteiger partial charge is 0.492 e. The van der Waals surface area contributed by atoms with E-state index in [1.807, 2.05) is 73.4 Å². The number of piperidine rings is 1. The van der Waals surface area contributed by atoms with Crippen molar-refractivity contribution in [2.75, 3.05) is 26.7 Å². The third-order valence-corrected chi connectivity index (χ3v) is 9.31. The number of imidazole rings is 1. The predicted octanol–water partition coefficient (Wildman–Crippen LogP) is 6.10. The third-order valence-electron chi connectivity index (χ3n) is 7.78. The zero-order valence-electron chi connectivity index (χ0n) is 23.8. The fraction of sp³-hybridized carbons (Fsp3) is 0.323. The van der Waals surface area contributed by atoms with E-state index < -0.39 is 12.0 Å². The Kier molecular flexibility index (Phi) is 7.94. The molecule has 1 fully saturated rings. The Morgan fingerprint density at radius 3 is 2.69 bits per heavy atom. The van der Waals surface area contributed by atoms with Gasteiger partial charge < -0.3 is 20.1 Å². The Bertz CT molecular complexity index is 1740. The summed E-state index contributed by atoms with van der Waals surface area (Å²) in [5.41, 5.74) is 10.3. The zero-order valence-corrected chi connectivity index (χ0v) is 25.4. The number of nitrogens with two attached hydrogens (primary N) is 1. The number of thiophene rings is 1. The lowest BCUT2D eigenvalue weighted by Gasteiger charge is -2.29. The van der Waals surface area contributed by atoms with E-state index in [0.29, 0.717) is 33.9 Å². The maximum atomic E-state index is 12.4. The fourth-order valence-electron chi connectivity index (χ4n) is 5.32. The Hall–Kier alpha value is -3.86. The maximum Gasteiger partial charge on any atom is 0.262 e. The van der Waals surface area contributed by atoms with Gasteiger partial charge in [-0.25, -0.2) is 4.98 Å². The smallest absolute Gasteiger partial charge is 0.262 e. The number of carbonyl (C=O) groups is 1. The minimum atomic E-state index is -0.557. The number of hydrogen-bond acceptors (Lipinski definition) is 7. The van der Waals surface area contributed by atoms with Crippen LogP contribution in [0.3, 0.4) is 0 Å². The van der Waals surface area contributed by atoms with Crippen molar-refractivity contribution in [3.05, 3.63) is 76.6 Å². The van der Waals surface area contributed by atoms with Crippen LogP contribution in [0.2, 0.25) is 5.02 Å². The summed E-state index contributed by atoms with van der Waals surface area (Å²) in [7, 11) is 4.04. The summed E-state index contributed by atoms with van der Waals surface area (Å²) in [4.78, 5) is 19.7. The molecule has 0 unspecified atom stereocenters. The Morgan fingerprint density at radius 2 is 1.95 bits per heavy atom. The number of hydrogen-bond donors (Lipinski definition) is 1. The number of fused-ring (bicyclic) bond motifs is 1. The minimum Gasteiger partial charge on any atom is -0.492 e. The Labute approximate surface area is 253 Å². The number of halogens is 1.